The van der Waals surface area contributed by atoms with Crippen molar-refractivity contribution in [2.75, 3.05) is 11.9 Å². The molecule has 0 amide bonds. The van der Waals surface area contributed by atoms with Crippen LogP contribution in [0.2, 0.25) is 0 Å². The zero-order valence-electron chi connectivity index (χ0n) is 12.0. The molecule has 0 fully saturated rings. The fourth-order valence-corrected chi connectivity index (χ4v) is 2.67. The van der Waals surface area contributed by atoms with Gasteiger partial charge in [-0.15, -0.1) is 0 Å². The normalized spacial score (nSPS) is 11.0. The van der Waals surface area contributed by atoms with Crippen LogP contribution in [-0.4, -0.2) is 26.6 Å². The lowest BCUT2D eigenvalue weighted by Gasteiger charge is -2.19. The van der Waals surface area contributed by atoms with E-state index in [-0.39, 0.29) is 0 Å². The molecule has 0 spiro atoms. The lowest BCUT2D eigenvalue weighted by atomic mass is 10.3. The number of fused-ring (bicyclic) bond motifs is 1. The first-order chi connectivity index (χ1) is 10.2. The molecule has 0 N–H and O–H groups in total. The van der Waals surface area contributed by atoms with E-state index in [4.69, 9.17) is 4.98 Å². The van der Waals surface area contributed by atoms with Crippen LogP contribution in [0.25, 0.3) is 5.65 Å². The maximum absolute atomic E-state index is 4.69. The van der Waals surface area contributed by atoms with Crippen LogP contribution in [0, 0.1) is 3.57 Å². The predicted octanol–water partition coefficient (Wildman–Crippen LogP) is 3.45. The number of hydrogen-bond donors (Lipinski definition) is 0. The summed E-state index contributed by atoms with van der Waals surface area (Å²) in [6, 6.07) is 10.2. The second kappa shape index (κ2) is 5.97. The van der Waals surface area contributed by atoms with Crippen molar-refractivity contribution in [3.63, 3.8) is 0 Å². The van der Waals surface area contributed by atoms with Gasteiger partial charge in [0, 0.05) is 19.2 Å². The summed E-state index contributed by atoms with van der Waals surface area (Å²) in [5.41, 5.74) is 1.94. The zero-order chi connectivity index (χ0) is 14.8. The van der Waals surface area contributed by atoms with Gasteiger partial charge in [0.2, 0.25) is 5.95 Å². The maximum Gasteiger partial charge on any atom is 0.234 e. The van der Waals surface area contributed by atoms with Crippen molar-refractivity contribution in [1.82, 2.24) is 19.6 Å². The van der Waals surface area contributed by atoms with E-state index in [1.165, 1.54) is 0 Å². The number of aromatic nitrogens is 4. The lowest BCUT2D eigenvalue weighted by molar-refractivity contribution is 0.786. The Morgan fingerprint density at radius 2 is 1.95 bits per heavy atom. The Labute approximate surface area is 137 Å². The van der Waals surface area contributed by atoms with Crippen LogP contribution in [-0.2, 0) is 6.42 Å². The van der Waals surface area contributed by atoms with Crippen LogP contribution < -0.4 is 4.90 Å². The summed E-state index contributed by atoms with van der Waals surface area (Å²) in [6.45, 7) is 2.13. The molecule has 0 aliphatic heterocycles. The molecule has 0 unspecified atom stereocenters. The van der Waals surface area contributed by atoms with Gasteiger partial charge < -0.3 is 4.90 Å². The van der Waals surface area contributed by atoms with Gasteiger partial charge in [-0.2, -0.15) is 14.6 Å². The molecule has 0 bridgehead atoms. The van der Waals surface area contributed by atoms with E-state index in [0.29, 0.717) is 0 Å². The maximum atomic E-state index is 4.69. The smallest absolute Gasteiger partial charge is 0.234 e. The Morgan fingerprint density at radius 1 is 1.19 bits per heavy atom. The first-order valence-electron chi connectivity index (χ1n) is 6.89. The van der Waals surface area contributed by atoms with Gasteiger partial charge in [-0.05, 0) is 41.1 Å². The van der Waals surface area contributed by atoms with Crippen LogP contribution >= 0.6 is 22.6 Å². The van der Waals surface area contributed by atoms with Crippen molar-refractivity contribution in [1.29, 1.82) is 0 Å². The van der Waals surface area contributed by atoms with E-state index >= 15 is 0 Å². The number of benzene rings is 1. The molecule has 0 saturated carbocycles. The van der Waals surface area contributed by atoms with Gasteiger partial charge in [-0.25, -0.2) is 4.98 Å². The summed E-state index contributed by atoms with van der Waals surface area (Å²) in [7, 11) is 2.00. The minimum atomic E-state index is 0.789. The Hall–Kier alpha value is -1.70. The van der Waals surface area contributed by atoms with Gasteiger partial charge >= 0.3 is 0 Å². The summed E-state index contributed by atoms with van der Waals surface area (Å²) < 4.78 is 2.84. The molecule has 1 aromatic carbocycles. The highest BCUT2D eigenvalue weighted by Gasteiger charge is 2.15. The van der Waals surface area contributed by atoms with Crippen LogP contribution in [0.4, 0.5) is 11.6 Å². The van der Waals surface area contributed by atoms with Crippen LogP contribution in [0.5, 0.6) is 0 Å². The lowest BCUT2D eigenvalue weighted by Crippen LogP contribution is -2.18. The predicted molar refractivity (Wildman–Crippen MR) is 92.0 cm³/mol. The summed E-state index contributed by atoms with van der Waals surface area (Å²) in [4.78, 5) is 11.3. The largest absolute Gasteiger partial charge is 0.313 e. The van der Waals surface area contributed by atoms with Gasteiger partial charge in [-0.3, -0.25) is 0 Å². The van der Waals surface area contributed by atoms with Crippen LogP contribution in [0.3, 0.4) is 0 Å². The average Bonchev–Trinajstić information content (AvgIpc) is 2.89. The van der Waals surface area contributed by atoms with Crippen molar-refractivity contribution in [2.24, 2.45) is 0 Å². The van der Waals surface area contributed by atoms with E-state index in [1.807, 2.05) is 36.3 Å². The molecule has 0 radical (unpaired) electrons. The molecule has 0 aliphatic rings. The van der Waals surface area contributed by atoms with Gasteiger partial charge in [0.15, 0.2) is 5.65 Å². The monoisotopic (exact) mass is 393 g/mol. The molecule has 5 nitrogen and oxygen atoms in total. The molecule has 3 aromatic rings. The van der Waals surface area contributed by atoms with Crippen molar-refractivity contribution < 1.29 is 0 Å². The zero-order valence-corrected chi connectivity index (χ0v) is 14.1. The fraction of sp³-hybridized carbons (Fsp3) is 0.267. The Kier molecular flexibility index (Phi) is 4.05. The fourth-order valence-electron chi connectivity index (χ4n) is 2.20. The quantitative estimate of drug-likeness (QED) is 0.638. The molecule has 0 aliphatic carbocycles. The third kappa shape index (κ3) is 2.72. The first-order valence-corrected chi connectivity index (χ1v) is 7.97. The SMILES string of the molecule is CCCc1nc(N(C)c2ccccc2)n2ncc(I)c2n1. The topological polar surface area (TPSA) is 46.3 Å². The standard InChI is InChI=1S/C15H16IN5/c1-3-7-13-18-14-12(16)10-17-21(14)15(19-13)20(2)11-8-5-4-6-9-11/h4-6,8-10H,3,7H2,1-2H3. The molecule has 2 aromatic heterocycles. The van der Waals surface area contributed by atoms with E-state index in [9.17, 15) is 0 Å². The molecule has 0 saturated heterocycles. The van der Waals surface area contributed by atoms with Gasteiger partial charge in [0.1, 0.15) is 5.82 Å². The van der Waals surface area contributed by atoms with E-state index in [1.54, 1.807) is 4.52 Å². The Balaban J connectivity index is 2.16. The van der Waals surface area contributed by atoms with Gasteiger partial charge in [0.05, 0.1) is 9.77 Å². The number of nitrogens with zero attached hydrogens (tertiary/aromatic N) is 5. The van der Waals surface area contributed by atoms with Crippen molar-refractivity contribution in [3.05, 3.63) is 45.9 Å². The Morgan fingerprint density at radius 3 is 2.67 bits per heavy atom. The molecular formula is C15H16IN5. The number of halogens is 1. The summed E-state index contributed by atoms with van der Waals surface area (Å²) in [6.07, 6.45) is 3.71. The molecule has 3 rings (SSSR count). The highest BCUT2D eigenvalue weighted by molar-refractivity contribution is 14.1. The minimum Gasteiger partial charge on any atom is -0.313 e. The van der Waals surface area contributed by atoms with E-state index in [0.717, 1.165) is 39.5 Å². The van der Waals surface area contributed by atoms with E-state index in [2.05, 4.69) is 51.7 Å². The molecule has 6 heteroatoms. The average molecular weight is 393 g/mol. The summed E-state index contributed by atoms with van der Waals surface area (Å²) in [5, 5.41) is 4.41. The highest BCUT2D eigenvalue weighted by atomic mass is 127. The number of rotatable bonds is 4. The van der Waals surface area contributed by atoms with Crippen LogP contribution in [0.15, 0.2) is 36.5 Å². The first kappa shape index (κ1) is 14.2. The van der Waals surface area contributed by atoms with E-state index < -0.39 is 0 Å². The van der Waals surface area contributed by atoms with Gasteiger partial charge in [-0.1, -0.05) is 25.1 Å². The summed E-state index contributed by atoms with van der Waals surface area (Å²) in [5.74, 6) is 1.65. The second-order valence-electron chi connectivity index (χ2n) is 4.81. The van der Waals surface area contributed by atoms with Crippen molar-refractivity contribution in [2.45, 2.75) is 19.8 Å². The Bertz CT molecular complexity index is 753. The molecule has 0 atom stereocenters. The number of anilines is 2. The highest BCUT2D eigenvalue weighted by Crippen LogP contribution is 2.23. The van der Waals surface area contributed by atoms with Gasteiger partial charge in [0.25, 0.3) is 0 Å². The second-order valence-corrected chi connectivity index (χ2v) is 5.97. The molecular weight excluding hydrogens is 377 g/mol. The molecule has 21 heavy (non-hydrogen) atoms. The third-order valence-corrected chi connectivity index (χ3v) is 4.03. The number of hydrogen-bond acceptors (Lipinski definition) is 4. The summed E-state index contributed by atoms with van der Waals surface area (Å²) >= 11 is 2.26. The number of aryl methyl sites for hydroxylation is 1. The van der Waals surface area contributed by atoms with Crippen molar-refractivity contribution in [3.8, 4) is 0 Å². The minimum absolute atomic E-state index is 0.789. The van der Waals surface area contributed by atoms with Crippen LogP contribution in [0.1, 0.15) is 19.2 Å². The number of para-hydroxylation sites is 1. The third-order valence-electron chi connectivity index (χ3n) is 3.27. The molecule has 108 valence electrons. The molecule has 2 heterocycles. The van der Waals surface area contributed by atoms with Crippen molar-refractivity contribution >= 4 is 39.9 Å².